The van der Waals surface area contributed by atoms with Crippen molar-refractivity contribution in [3.63, 3.8) is 0 Å². The van der Waals surface area contributed by atoms with E-state index >= 15 is 0 Å². The number of nitrogens with two attached hydrogens (primary N) is 1. The van der Waals surface area contributed by atoms with Crippen LogP contribution in [0.25, 0.3) is 0 Å². The van der Waals surface area contributed by atoms with E-state index in [1.54, 1.807) is 4.90 Å². The van der Waals surface area contributed by atoms with Crippen LogP contribution < -0.4 is 21.7 Å². The lowest BCUT2D eigenvalue weighted by molar-refractivity contribution is -0.153. The van der Waals surface area contributed by atoms with Crippen LogP contribution in [0.4, 0.5) is 4.79 Å². The Morgan fingerprint density at radius 1 is 0.940 bits per heavy atom. The van der Waals surface area contributed by atoms with Gasteiger partial charge < -0.3 is 26.6 Å². The molecule has 5 rings (SSSR count). The van der Waals surface area contributed by atoms with Crippen LogP contribution >= 0.6 is 0 Å². The number of piperidine rings is 2. The monoisotopic (exact) mass is 698 g/mol. The van der Waals surface area contributed by atoms with E-state index in [0.717, 1.165) is 32.1 Å². The van der Waals surface area contributed by atoms with Crippen molar-refractivity contribution in [2.24, 2.45) is 45.7 Å². The van der Waals surface area contributed by atoms with Crippen LogP contribution in [0.1, 0.15) is 113 Å². The highest BCUT2D eigenvalue weighted by atomic mass is 16.2. The number of carbonyl (C=O) groups is 7. The summed E-state index contributed by atoms with van der Waals surface area (Å²) >= 11 is 0. The van der Waals surface area contributed by atoms with Crippen LogP contribution in [0.3, 0.4) is 0 Å². The highest BCUT2D eigenvalue weighted by molar-refractivity contribution is 6.40. The lowest BCUT2D eigenvalue weighted by atomic mass is 9.80. The number of nitrogens with zero attached hydrogens (tertiary/aromatic N) is 2. The first-order chi connectivity index (χ1) is 23.1. The molecule has 0 aromatic carbocycles. The number of primary amides is 1. The first-order valence-electron chi connectivity index (χ1n) is 18.5. The molecule has 7 atom stereocenters. The van der Waals surface area contributed by atoms with Crippen molar-refractivity contribution in [3.05, 3.63) is 0 Å². The van der Waals surface area contributed by atoms with Crippen LogP contribution in [-0.2, 0) is 28.8 Å². The summed E-state index contributed by atoms with van der Waals surface area (Å²) in [5.74, 6) is -3.69. The van der Waals surface area contributed by atoms with Gasteiger partial charge in [0.2, 0.25) is 29.4 Å². The number of rotatable bonds is 11. The highest BCUT2D eigenvalue weighted by Crippen LogP contribution is 2.65. The van der Waals surface area contributed by atoms with Crippen molar-refractivity contribution in [3.8, 4) is 0 Å². The minimum absolute atomic E-state index is 0.0179. The average Bonchev–Trinajstić information content (AvgIpc) is 3.77. The number of ketones is 1. The van der Waals surface area contributed by atoms with Crippen molar-refractivity contribution in [2.45, 2.75) is 137 Å². The summed E-state index contributed by atoms with van der Waals surface area (Å²) < 4.78 is 0. The Morgan fingerprint density at radius 2 is 1.54 bits per heavy atom. The second-order valence-electron chi connectivity index (χ2n) is 18.2. The highest BCUT2D eigenvalue weighted by Gasteiger charge is 2.71. The van der Waals surface area contributed by atoms with E-state index < -0.39 is 58.1 Å². The molecule has 2 heterocycles. The molecular formula is C37H58N6O7. The molecule has 0 radical (unpaired) electrons. The van der Waals surface area contributed by atoms with Gasteiger partial charge in [0.15, 0.2) is 0 Å². The van der Waals surface area contributed by atoms with Crippen LogP contribution in [0, 0.1) is 39.9 Å². The zero-order valence-corrected chi connectivity index (χ0v) is 31.1. The summed E-state index contributed by atoms with van der Waals surface area (Å²) in [5.41, 5.74) is 2.88. The molecule has 0 bridgehead atoms. The molecule has 5 N–H and O–H groups in total. The molecule has 1 unspecified atom stereocenters. The van der Waals surface area contributed by atoms with Gasteiger partial charge in [0.05, 0.1) is 6.04 Å². The molecular weight excluding hydrogens is 640 g/mol. The molecule has 7 amide bonds. The molecule has 50 heavy (non-hydrogen) atoms. The summed E-state index contributed by atoms with van der Waals surface area (Å²) in [6.45, 7) is 15.9. The molecule has 5 fully saturated rings. The van der Waals surface area contributed by atoms with Crippen LogP contribution in [0.5, 0.6) is 0 Å². The SMILES string of the molecule is CC[C@H]1CC1(NC(=O)[C@@H]1[C@@H]2[C@H](CN1C(=O)[C@@H](NC(=O)N[C@H](CN1C(=O)CC(C)(C)CC1=O)C(C)(C)C)C1CCCCC1)C2(C)C)C(=O)C(N)=O. The maximum Gasteiger partial charge on any atom is 0.315 e. The van der Waals surface area contributed by atoms with E-state index in [0.29, 0.717) is 19.4 Å². The number of imide groups is 1. The Hall–Kier alpha value is -3.51. The Balaban J connectivity index is 1.36. The maximum atomic E-state index is 14.6. The summed E-state index contributed by atoms with van der Waals surface area (Å²) in [5, 5.41) is 8.86. The normalized spacial score (nSPS) is 31.3. The average molecular weight is 699 g/mol. The van der Waals surface area contributed by atoms with Gasteiger partial charge in [-0.15, -0.1) is 0 Å². The number of fused-ring (bicyclic) bond motifs is 1. The number of Topliss-reactive ketones (excluding diaryl/α,β-unsaturated/α-hetero) is 1. The summed E-state index contributed by atoms with van der Waals surface area (Å²) in [4.78, 5) is 96.2. The number of hydrogen-bond acceptors (Lipinski definition) is 7. The van der Waals surface area contributed by atoms with Gasteiger partial charge in [0, 0.05) is 25.9 Å². The van der Waals surface area contributed by atoms with E-state index in [4.69, 9.17) is 5.73 Å². The molecule has 3 aliphatic carbocycles. The van der Waals surface area contributed by atoms with Crippen molar-refractivity contribution in [1.29, 1.82) is 0 Å². The Kier molecular flexibility index (Phi) is 9.99. The lowest BCUT2D eigenvalue weighted by Gasteiger charge is -2.40. The first-order valence-corrected chi connectivity index (χ1v) is 18.5. The Labute approximate surface area is 295 Å². The molecule has 0 aromatic rings. The molecule has 0 spiro atoms. The summed E-state index contributed by atoms with van der Waals surface area (Å²) in [6, 6.07) is -2.94. The van der Waals surface area contributed by atoms with Crippen LogP contribution in [0.2, 0.25) is 0 Å². The van der Waals surface area contributed by atoms with E-state index in [2.05, 4.69) is 29.8 Å². The predicted octanol–water partition coefficient (Wildman–Crippen LogP) is 2.65. The Morgan fingerprint density at radius 3 is 2.06 bits per heavy atom. The molecule has 5 aliphatic rings. The number of urea groups is 1. The quantitative estimate of drug-likeness (QED) is 0.189. The fraction of sp³-hybridized carbons (Fsp3) is 0.811. The molecule has 3 saturated carbocycles. The third-order valence-electron chi connectivity index (χ3n) is 12.6. The summed E-state index contributed by atoms with van der Waals surface area (Å²) in [6.07, 6.45) is 5.72. The minimum atomic E-state index is -1.35. The number of nitrogens with one attached hydrogen (secondary N) is 3. The molecule has 278 valence electrons. The zero-order chi connectivity index (χ0) is 37.1. The second kappa shape index (κ2) is 13.2. The molecule has 2 saturated heterocycles. The van der Waals surface area contributed by atoms with Gasteiger partial charge in [0.1, 0.15) is 17.6 Å². The maximum absolute atomic E-state index is 14.6. The predicted molar refractivity (Wildman–Crippen MR) is 185 cm³/mol. The van der Waals surface area contributed by atoms with E-state index in [1.807, 2.05) is 41.5 Å². The molecule has 13 nitrogen and oxygen atoms in total. The number of carbonyl (C=O) groups excluding carboxylic acids is 7. The van der Waals surface area contributed by atoms with Crippen molar-refractivity contribution in [1.82, 2.24) is 25.8 Å². The largest absolute Gasteiger partial charge is 0.363 e. The lowest BCUT2D eigenvalue weighted by Crippen LogP contribution is -2.62. The van der Waals surface area contributed by atoms with Gasteiger partial charge in [-0.25, -0.2) is 4.79 Å². The number of amides is 7. The first kappa shape index (κ1) is 37.7. The molecule has 2 aliphatic heterocycles. The van der Waals surface area contributed by atoms with Crippen LogP contribution in [0.15, 0.2) is 0 Å². The third kappa shape index (κ3) is 7.15. The smallest absolute Gasteiger partial charge is 0.315 e. The number of likely N-dealkylation sites (tertiary alicyclic amines) is 2. The fourth-order valence-corrected chi connectivity index (χ4v) is 9.14. The van der Waals surface area contributed by atoms with Gasteiger partial charge in [-0.3, -0.25) is 33.7 Å². The van der Waals surface area contributed by atoms with E-state index in [1.165, 1.54) is 4.90 Å². The van der Waals surface area contributed by atoms with Gasteiger partial charge in [-0.1, -0.05) is 81.1 Å². The van der Waals surface area contributed by atoms with E-state index in [9.17, 15) is 33.6 Å². The number of hydrogen-bond donors (Lipinski definition) is 4. The van der Waals surface area contributed by atoms with Crippen LogP contribution in [-0.4, -0.2) is 87.9 Å². The summed E-state index contributed by atoms with van der Waals surface area (Å²) in [7, 11) is 0. The van der Waals surface area contributed by atoms with Crippen molar-refractivity contribution in [2.75, 3.05) is 13.1 Å². The minimum Gasteiger partial charge on any atom is -0.363 e. The second-order valence-corrected chi connectivity index (χ2v) is 18.2. The Bertz CT molecular complexity index is 1430. The standard InChI is InChI=1S/C37H58N6O7/c1-9-21-15-37(21,29(46)30(38)47)41-31(48)28-26-22(36(26,7)8)18-43(28)32(49)27(20-13-11-10-12-14-20)40-33(50)39-23(34(2,3)4)19-42-24(44)16-35(5,6)17-25(42)45/h20-23,26-28H,9-19H2,1-8H3,(H2,38,47)(H,41,48)(H2,39,40,50)/t21-,22-,23+,26-,27-,28-,37?/m0/s1. The fourth-order valence-electron chi connectivity index (χ4n) is 9.14. The van der Waals surface area contributed by atoms with Gasteiger partial charge in [0.25, 0.3) is 5.91 Å². The van der Waals surface area contributed by atoms with E-state index in [-0.39, 0.29) is 66.2 Å². The molecule has 13 heteroatoms. The van der Waals surface area contributed by atoms with Crippen molar-refractivity contribution >= 4 is 41.4 Å². The molecule has 0 aromatic heterocycles. The topological polar surface area (TPSA) is 188 Å². The zero-order valence-electron chi connectivity index (χ0n) is 31.1. The van der Waals surface area contributed by atoms with Crippen molar-refractivity contribution < 1.29 is 33.6 Å². The van der Waals surface area contributed by atoms with Gasteiger partial charge in [-0.2, -0.15) is 0 Å². The van der Waals surface area contributed by atoms with Gasteiger partial charge in [-0.05, 0) is 59.2 Å². The third-order valence-corrected chi connectivity index (χ3v) is 12.6. The van der Waals surface area contributed by atoms with Gasteiger partial charge >= 0.3 is 6.03 Å².